The molecule has 2 bridgehead atoms. The summed E-state index contributed by atoms with van der Waals surface area (Å²) >= 11 is 3.30. The molecule has 0 saturated carbocycles. The van der Waals surface area contributed by atoms with Crippen molar-refractivity contribution in [2.45, 2.75) is 37.9 Å². The van der Waals surface area contributed by atoms with Gasteiger partial charge < -0.3 is 5.32 Å². The molecule has 1 N–H and O–H groups in total. The zero-order valence-corrected chi connectivity index (χ0v) is 12.8. The molecule has 2 aliphatic heterocycles. The summed E-state index contributed by atoms with van der Waals surface area (Å²) in [4.78, 5) is 13.2. The van der Waals surface area contributed by atoms with Crippen LogP contribution in [-0.4, -0.2) is 35.0 Å². The van der Waals surface area contributed by atoms with E-state index in [1.165, 1.54) is 12.8 Å². The number of nitrogens with one attached hydrogen (secondary N) is 1. The van der Waals surface area contributed by atoms with E-state index in [1.807, 2.05) is 12.1 Å². The fourth-order valence-corrected chi connectivity index (χ4v) is 3.59. The Labute approximate surface area is 126 Å². The van der Waals surface area contributed by atoms with Crippen LogP contribution in [0.5, 0.6) is 0 Å². The van der Waals surface area contributed by atoms with Gasteiger partial charge in [-0.1, -0.05) is 15.9 Å². The van der Waals surface area contributed by atoms with E-state index in [2.05, 4.69) is 26.1 Å². The molecule has 0 aromatic heterocycles. The maximum absolute atomic E-state index is 11.2. The minimum Gasteiger partial charge on any atom is -0.310 e. The second-order valence-corrected chi connectivity index (χ2v) is 6.61. The highest BCUT2D eigenvalue weighted by molar-refractivity contribution is 9.10. The SMILES string of the molecule is O=[N+]([O-])c1cc(Br)ccc1CN1CCC2CCC(C1)N2. The Morgan fingerprint density at radius 3 is 2.95 bits per heavy atom. The molecule has 0 amide bonds. The van der Waals surface area contributed by atoms with Crippen LogP contribution >= 0.6 is 15.9 Å². The van der Waals surface area contributed by atoms with Crippen LogP contribution in [0, 0.1) is 10.1 Å². The number of rotatable bonds is 3. The van der Waals surface area contributed by atoms with Crippen molar-refractivity contribution in [2.75, 3.05) is 13.1 Å². The van der Waals surface area contributed by atoms with Crippen molar-refractivity contribution in [3.63, 3.8) is 0 Å². The van der Waals surface area contributed by atoms with Gasteiger partial charge in [-0.3, -0.25) is 15.0 Å². The van der Waals surface area contributed by atoms with Gasteiger partial charge in [0, 0.05) is 47.8 Å². The van der Waals surface area contributed by atoms with Gasteiger partial charge in [0.2, 0.25) is 0 Å². The second kappa shape index (κ2) is 5.79. The van der Waals surface area contributed by atoms with E-state index in [4.69, 9.17) is 0 Å². The molecule has 1 aromatic carbocycles. The van der Waals surface area contributed by atoms with Crippen molar-refractivity contribution in [1.29, 1.82) is 0 Å². The molecule has 1 aromatic rings. The van der Waals surface area contributed by atoms with Gasteiger partial charge in [0.1, 0.15) is 0 Å². The molecule has 2 atom stereocenters. The summed E-state index contributed by atoms with van der Waals surface area (Å²) in [5.41, 5.74) is 1.01. The Hall–Kier alpha value is -0.980. The van der Waals surface area contributed by atoms with Crippen LogP contribution in [0.3, 0.4) is 0 Å². The van der Waals surface area contributed by atoms with E-state index in [0.717, 1.165) is 29.5 Å². The molecule has 2 saturated heterocycles. The highest BCUT2D eigenvalue weighted by atomic mass is 79.9. The molecular formula is C14H18BrN3O2. The highest BCUT2D eigenvalue weighted by Crippen LogP contribution is 2.27. The molecule has 0 spiro atoms. The first-order valence-electron chi connectivity index (χ1n) is 7.03. The fourth-order valence-electron chi connectivity index (χ4n) is 3.24. The van der Waals surface area contributed by atoms with Crippen LogP contribution < -0.4 is 5.32 Å². The summed E-state index contributed by atoms with van der Waals surface area (Å²) in [6.07, 6.45) is 3.64. The summed E-state index contributed by atoms with van der Waals surface area (Å²) in [5, 5.41) is 14.8. The van der Waals surface area contributed by atoms with Gasteiger partial charge in [-0.05, 0) is 31.4 Å². The van der Waals surface area contributed by atoms with Crippen molar-refractivity contribution >= 4 is 21.6 Å². The number of hydrogen-bond donors (Lipinski definition) is 1. The van der Waals surface area contributed by atoms with Crippen molar-refractivity contribution in [2.24, 2.45) is 0 Å². The number of hydrogen-bond acceptors (Lipinski definition) is 4. The lowest BCUT2D eigenvalue weighted by Crippen LogP contribution is -2.35. The first-order valence-corrected chi connectivity index (χ1v) is 7.82. The maximum atomic E-state index is 11.2. The van der Waals surface area contributed by atoms with Crippen molar-refractivity contribution in [1.82, 2.24) is 10.2 Å². The molecule has 0 aliphatic carbocycles. The van der Waals surface area contributed by atoms with Crippen molar-refractivity contribution in [3.05, 3.63) is 38.3 Å². The summed E-state index contributed by atoms with van der Waals surface area (Å²) < 4.78 is 0.754. The minimum atomic E-state index is -0.289. The van der Waals surface area contributed by atoms with Crippen LogP contribution in [-0.2, 0) is 6.54 Å². The maximum Gasteiger partial charge on any atom is 0.275 e. The van der Waals surface area contributed by atoms with Crippen LogP contribution in [0.15, 0.2) is 22.7 Å². The lowest BCUT2D eigenvalue weighted by atomic mass is 10.1. The Kier molecular flexibility index (Phi) is 4.05. The molecule has 2 heterocycles. The molecule has 2 unspecified atom stereocenters. The van der Waals surface area contributed by atoms with E-state index in [1.54, 1.807) is 6.07 Å². The number of fused-ring (bicyclic) bond motifs is 2. The minimum absolute atomic E-state index is 0.210. The second-order valence-electron chi connectivity index (χ2n) is 5.69. The van der Waals surface area contributed by atoms with Crippen LogP contribution in [0.4, 0.5) is 5.69 Å². The molecule has 2 fully saturated rings. The normalized spacial score (nSPS) is 26.4. The van der Waals surface area contributed by atoms with E-state index in [9.17, 15) is 10.1 Å². The number of likely N-dealkylation sites (tertiary alicyclic amines) is 1. The van der Waals surface area contributed by atoms with E-state index < -0.39 is 0 Å². The number of nitro groups is 1. The molecule has 0 radical (unpaired) electrons. The number of nitrogens with zero attached hydrogens (tertiary/aromatic N) is 2. The number of nitro benzene ring substituents is 1. The largest absolute Gasteiger partial charge is 0.310 e. The molecule has 3 rings (SSSR count). The third kappa shape index (κ3) is 3.02. The standard InChI is InChI=1S/C14H18BrN3O2/c15-11-2-1-10(14(7-11)18(19)20)8-17-6-5-12-3-4-13(9-17)16-12/h1-2,7,12-13,16H,3-6,8-9H2. The molecule has 5 nitrogen and oxygen atoms in total. The van der Waals surface area contributed by atoms with Gasteiger partial charge in [-0.15, -0.1) is 0 Å². The average Bonchev–Trinajstić information content (AvgIpc) is 2.74. The Morgan fingerprint density at radius 1 is 1.35 bits per heavy atom. The lowest BCUT2D eigenvalue weighted by molar-refractivity contribution is -0.385. The molecule has 6 heteroatoms. The van der Waals surface area contributed by atoms with Crippen LogP contribution in [0.2, 0.25) is 0 Å². The van der Waals surface area contributed by atoms with Gasteiger partial charge in [0.05, 0.1) is 4.92 Å². The van der Waals surface area contributed by atoms with Crippen molar-refractivity contribution in [3.8, 4) is 0 Å². The van der Waals surface area contributed by atoms with E-state index >= 15 is 0 Å². The first kappa shape index (κ1) is 14.0. The smallest absolute Gasteiger partial charge is 0.275 e. The third-order valence-electron chi connectivity index (χ3n) is 4.25. The van der Waals surface area contributed by atoms with Gasteiger partial charge in [-0.2, -0.15) is 0 Å². The van der Waals surface area contributed by atoms with Gasteiger partial charge >= 0.3 is 0 Å². The summed E-state index contributed by atoms with van der Waals surface area (Å²) in [7, 11) is 0. The first-order chi connectivity index (χ1) is 9.61. The molecule has 108 valence electrons. The Morgan fingerprint density at radius 2 is 2.15 bits per heavy atom. The predicted octanol–water partition coefficient (Wildman–Crippen LogP) is 2.68. The summed E-state index contributed by atoms with van der Waals surface area (Å²) in [6, 6.07) is 6.53. The quantitative estimate of drug-likeness (QED) is 0.679. The van der Waals surface area contributed by atoms with Gasteiger partial charge in [0.25, 0.3) is 5.69 Å². The van der Waals surface area contributed by atoms with Crippen molar-refractivity contribution < 1.29 is 4.92 Å². The summed E-state index contributed by atoms with van der Waals surface area (Å²) in [5.74, 6) is 0. The fraction of sp³-hybridized carbons (Fsp3) is 0.571. The Bertz CT molecular complexity index is 523. The predicted molar refractivity (Wildman–Crippen MR) is 80.6 cm³/mol. The number of benzene rings is 1. The number of halogens is 1. The molecule has 2 aliphatic rings. The lowest BCUT2D eigenvalue weighted by Gasteiger charge is -2.23. The zero-order valence-electron chi connectivity index (χ0n) is 11.2. The highest BCUT2D eigenvalue weighted by Gasteiger charge is 2.29. The zero-order chi connectivity index (χ0) is 14.1. The van der Waals surface area contributed by atoms with Crippen LogP contribution in [0.1, 0.15) is 24.8 Å². The third-order valence-corrected chi connectivity index (χ3v) is 4.74. The Balaban J connectivity index is 1.75. The van der Waals surface area contributed by atoms with E-state index in [0.29, 0.717) is 18.6 Å². The molecular weight excluding hydrogens is 322 g/mol. The monoisotopic (exact) mass is 339 g/mol. The molecule has 20 heavy (non-hydrogen) atoms. The average molecular weight is 340 g/mol. The van der Waals surface area contributed by atoms with E-state index in [-0.39, 0.29) is 10.6 Å². The van der Waals surface area contributed by atoms with Crippen LogP contribution in [0.25, 0.3) is 0 Å². The topological polar surface area (TPSA) is 58.4 Å². The van der Waals surface area contributed by atoms with Gasteiger partial charge in [0.15, 0.2) is 0 Å². The summed E-state index contributed by atoms with van der Waals surface area (Å²) in [6.45, 7) is 2.67. The van der Waals surface area contributed by atoms with Gasteiger partial charge in [-0.25, -0.2) is 0 Å².